The van der Waals surface area contributed by atoms with Crippen molar-refractivity contribution < 1.29 is 14.5 Å². The zero-order valence-electron chi connectivity index (χ0n) is 14.5. The summed E-state index contributed by atoms with van der Waals surface area (Å²) in [5.41, 5.74) is 4.14. The van der Waals surface area contributed by atoms with Crippen LogP contribution in [0.5, 0.6) is 0 Å². The summed E-state index contributed by atoms with van der Waals surface area (Å²) in [5.74, 6) is -0.256. The van der Waals surface area contributed by atoms with Crippen molar-refractivity contribution in [1.29, 1.82) is 0 Å². The number of oxime groups is 2. The minimum Gasteiger partial charge on any atom is -0.399 e. The molecule has 0 radical (unpaired) electrons. The molecule has 0 unspecified atom stereocenters. The molecule has 6 heteroatoms. The molecule has 0 spiro atoms. The average Bonchev–Trinajstić information content (AvgIpc) is 2.55. The van der Waals surface area contributed by atoms with Crippen LogP contribution in [-0.2, 0) is 20.9 Å². The molecule has 0 aliphatic rings. The first kappa shape index (κ1) is 18.7. The van der Waals surface area contributed by atoms with Gasteiger partial charge in [0, 0.05) is 13.5 Å². The number of nitrogens with one attached hydrogen (secondary N) is 1. The molecule has 1 amide bonds. The number of carbonyl (C=O) groups is 1. The number of hydrogen-bond donors (Lipinski definition) is 1. The van der Waals surface area contributed by atoms with Crippen LogP contribution in [0.2, 0.25) is 0 Å². The predicted molar refractivity (Wildman–Crippen MR) is 91.8 cm³/mol. The fraction of sp³-hybridized carbons (Fsp3) is 0.471. The first-order valence-electron chi connectivity index (χ1n) is 7.62. The van der Waals surface area contributed by atoms with E-state index in [-0.39, 0.29) is 5.91 Å². The van der Waals surface area contributed by atoms with Crippen molar-refractivity contribution in [3.05, 3.63) is 34.9 Å². The van der Waals surface area contributed by atoms with Gasteiger partial charge in [0.1, 0.15) is 19.4 Å². The number of benzene rings is 1. The summed E-state index contributed by atoms with van der Waals surface area (Å²) in [7, 11) is 2.99. The van der Waals surface area contributed by atoms with Gasteiger partial charge in [0.05, 0.1) is 5.71 Å². The van der Waals surface area contributed by atoms with Crippen molar-refractivity contribution in [2.45, 2.75) is 33.6 Å². The lowest BCUT2D eigenvalue weighted by Crippen LogP contribution is -2.29. The van der Waals surface area contributed by atoms with E-state index in [2.05, 4.69) is 15.6 Å². The number of hydrogen-bond acceptors (Lipinski definition) is 5. The van der Waals surface area contributed by atoms with Gasteiger partial charge in [-0.2, -0.15) is 0 Å². The first-order valence-corrected chi connectivity index (χ1v) is 7.62. The lowest BCUT2D eigenvalue weighted by molar-refractivity contribution is -0.114. The van der Waals surface area contributed by atoms with Crippen LogP contribution in [0.15, 0.2) is 28.5 Å². The number of nitrogens with zero attached hydrogens (tertiary/aromatic N) is 2. The summed E-state index contributed by atoms with van der Waals surface area (Å²) in [6.45, 7) is 6.52. The molecular formula is C17H25N3O3. The van der Waals surface area contributed by atoms with Gasteiger partial charge in [0.15, 0.2) is 0 Å². The Morgan fingerprint density at radius 1 is 1.30 bits per heavy atom. The molecule has 6 nitrogen and oxygen atoms in total. The highest BCUT2D eigenvalue weighted by atomic mass is 16.6. The normalized spacial score (nSPS) is 12.0. The largest absolute Gasteiger partial charge is 0.399 e. The van der Waals surface area contributed by atoms with Crippen LogP contribution in [0.25, 0.3) is 0 Å². The first-order chi connectivity index (χ1) is 11.0. The van der Waals surface area contributed by atoms with Gasteiger partial charge >= 0.3 is 0 Å². The van der Waals surface area contributed by atoms with E-state index in [9.17, 15) is 4.79 Å². The van der Waals surface area contributed by atoms with Crippen molar-refractivity contribution in [3.63, 3.8) is 0 Å². The Bertz CT molecular complexity index is 595. The molecule has 1 rings (SSSR count). The van der Waals surface area contributed by atoms with Crippen molar-refractivity contribution >= 4 is 17.3 Å². The second-order valence-electron chi connectivity index (χ2n) is 5.13. The van der Waals surface area contributed by atoms with Crippen molar-refractivity contribution in [3.8, 4) is 0 Å². The van der Waals surface area contributed by atoms with Crippen LogP contribution in [0.1, 0.15) is 37.0 Å². The van der Waals surface area contributed by atoms with Gasteiger partial charge in [-0.1, -0.05) is 29.4 Å². The fourth-order valence-corrected chi connectivity index (χ4v) is 1.96. The molecule has 0 saturated heterocycles. The number of amides is 1. The Labute approximate surface area is 137 Å². The van der Waals surface area contributed by atoms with Crippen molar-refractivity contribution in [2.75, 3.05) is 20.8 Å². The third-order valence-electron chi connectivity index (χ3n) is 3.31. The van der Waals surface area contributed by atoms with E-state index in [4.69, 9.17) is 9.68 Å². The Kier molecular flexibility index (Phi) is 7.80. The predicted octanol–water partition coefficient (Wildman–Crippen LogP) is 2.44. The second-order valence-corrected chi connectivity index (χ2v) is 5.13. The molecule has 0 aromatic heterocycles. The topological polar surface area (TPSA) is 72.3 Å². The molecule has 0 aliphatic carbocycles. The summed E-state index contributed by atoms with van der Waals surface area (Å²) in [5, 5.41) is 10.5. The Balaban J connectivity index is 3.03. The summed E-state index contributed by atoms with van der Waals surface area (Å²) >= 11 is 0. The Hall–Kier alpha value is -2.37. The van der Waals surface area contributed by atoms with Gasteiger partial charge in [-0.25, -0.2) is 0 Å². The summed E-state index contributed by atoms with van der Waals surface area (Å²) in [6.07, 6.45) is 1.30. The maximum absolute atomic E-state index is 11.8. The summed E-state index contributed by atoms with van der Waals surface area (Å²) in [4.78, 5) is 21.8. The fourth-order valence-electron chi connectivity index (χ4n) is 1.96. The van der Waals surface area contributed by atoms with E-state index < -0.39 is 0 Å². The van der Waals surface area contributed by atoms with E-state index in [1.165, 1.54) is 7.11 Å². The van der Waals surface area contributed by atoms with E-state index >= 15 is 0 Å². The molecular weight excluding hydrogens is 294 g/mol. The van der Waals surface area contributed by atoms with E-state index in [0.29, 0.717) is 18.7 Å². The van der Waals surface area contributed by atoms with Gasteiger partial charge in [-0.15, -0.1) is 0 Å². The van der Waals surface area contributed by atoms with Gasteiger partial charge < -0.3 is 15.0 Å². The maximum Gasteiger partial charge on any atom is 0.269 e. The summed E-state index contributed by atoms with van der Waals surface area (Å²) < 4.78 is 0. The highest BCUT2D eigenvalue weighted by Crippen LogP contribution is 2.14. The smallest absolute Gasteiger partial charge is 0.269 e. The molecule has 1 N–H and O–H groups in total. The lowest BCUT2D eigenvalue weighted by atomic mass is 9.98. The molecule has 0 bridgehead atoms. The van der Waals surface area contributed by atoms with E-state index in [0.717, 1.165) is 28.8 Å². The minimum atomic E-state index is -0.256. The highest BCUT2D eigenvalue weighted by Gasteiger charge is 2.14. The van der Waals surface area contributed by atoms with Gasteiger partial charge in [-0.3, -0.25) is 4.79 Å². The molecule has 0 saturated carbocycles. The average molecular weight is 319 g/mol. The van der Waals surface area contributed by atoms with Crippen LogP contribution < -0.4 is 5.32 Å². The van der Waals surface area contributed by atoms with Crippen LogP contribution in [0.3, 0.4) is 0 Å². The van der Waals surface area contributed by atoms with Crippen molar-refractivity contribution in [2.24, 2.45) is 10.3 Å². The molecule has 0 atom stereocenters. The standard InChI is InChI=1S/C17H25N3O3/c1-6-9-23-19-13(3)14-8-7-12(2)15(10-14)11-16(20-22-5)17(21)18-4/h7-8,10H,6,9,11H2,1-5H3,(H,18,21)/b19-13+,20-16+. The van der Waals surface area contributed by atoms with Gasteiger partial charge in [0.25, 0.3) is 5.91 Å². The highest BCUT2D eigenvalue weighted by molar-refractivity contribution is 6.39. The lowest BCUT2D eigenvalue weighted by Gasteiger charge is -2.10. The van der Waals surface area contributed by atoms with E-state index in [1.54, 1.807) is 7.05 Å². The second kappa shape index (κ2) is 9.61. The minimum absolute atomic E-state index is 0.256. The number of carbonyl (C=O) groups excluding carboxylic acids is 1. The van der Waals surface area contributed by atoms with Crippen LogP contribution >= 0.6 is 0 Å². The SMILES string of the molecule is CCCO/N=C(\C)c1ccc(C)c(C/C(=N\OC)C(=O)NC)c1. The third-order valence-corrected chi connectivity index (χ3v) is 3.31. The summed E-state index contributed by atoms with van der Waals surface area (Å²) in [6, 6.07) is 5.98. The maximum atomic E-state index is 11.8. The van der Waals surface area contributed by atoms with Crippen LogP contribution in [0.4, 0.5) is 0 Å². The molecule has 23 heavy (non-hydrogen) atoms. The molecule has 126 valence electrons. The molecule has 1 aromatic rings. The van der Waals surface area contributed by atoms with Crippen LogP contribution in [-0.4, -0.2) is 38.1 Å². The Morgan fingerprint density at radius 3 is 2.65 bits per heavy atom. The third kappa shape index (κ3) is 5.73. The zero-order valence-corrected chi connectivity index (χ0v) is 14.5. The van der Waals surface area contributed by atoms with Crippen molar-refractivity contribution in [1.82, 2.24) is 5.32 Å². The zero-order chi connectivity index (χ0) is 17.2. The van der Waals surface area contributed by atoms with Gasteiger partial charge in [-0.05, 0) is 43.0 Å². The number of rotatable bonds is 8. The van der Waals surface area contributed by atoms with Gasteiger partial charge in [0.2, 0.25) is 0 Å². The Morgan fingerprint density at radius 2 is 2.04 bits per heavy atom. The molecule has 0 fully saturated rings. The monoisotopic (exact) mass is 319 g/mol. The van der Waals surface area contributed by atoms with Crippen LogP contribution in [0, 0.1) is 6.92 Å². The quantitative estimate of drug-likeness (QED) is 0.454. The number of aryl methyl sites for hydroxylation is 1. The molecule has 1 aromatic carbocycles. The molecule has 0 heterocycles. The molecule has 0 aliphatic heterocycles. The van der Waals surface area contributed by atoms with E-state index in [1.807, 2.05) is 39.0 Å².